The number of urea groups is 1. The number of carbonyl (C=O) groups excluding carboxylic acids is 1. The Morgan fingerprint density at radius 2 is 2.07 bits per heavy atom. The van der Waals surface area contributed by atoms with Gasteiger partial charge in [0.2, 0.25) is 0 Å². The van der Waals surface area contributed by atoms with Crippen molar-refractivity contribution in [3.63, 3.8) is 0 Å². The third kappa shape index (κ3) is 4.72. The first-order valence-electron chi connectivity index (χ1n) is 8.76. The molecular weight excluding hydrogens is 347 g/mol. The normalized spacial score (nSPS) is 12.0. The van der Waals surface area contributed by atoms with E-state index in [-0.39, 0.29) is 17.9 Å². The number of anilines is 1. The molecule has 8 heteroatoms. The zero-order chi connectivity index (χ0) is 19.4. The van der Waals surface area contributed by atoms with E-state index >= 15 is 0 Å². The van der Waals surface area contributed by atoms with E-state index in [2.05, 4.69) is 20.8 Å². The Morgan fingerprint density at radius 1 is 1.30 bits per heavy atom. The number of benzene rings is 1. The molecule has 2 aromatic heterocycles. The number of hydrogen-bond donors (Lipinski definition) is 2. The van der Waals surface area contributed by atoms with Gasteiger partial charge >= 0.3 is 6.03 Å². The number of halogens is 1. The van der Waals surface area contributed by atoms with Crippen molar-refractivity contribution in [1.29, 1.82) is 0 Å². The van der Waals surface area contributed by atoms with E-state index in [4.69, 9.17) is 0 Å². The van der Waals surface area contributed by atoms with E-state index in [1.807, 2.05) is 31.5 Å². The van der Waals surface area contributed by atoms with Crippen LogP contribution in [0.1, 0.15) is 29.9 Å². The van der Waals surface area contributed by atoms with E-state index in [1.54, 1.807) is 29.1 Å². The van der Waals surface area contributed by atoms with Crippen molar-refractivity contribution in [2.24, 2.45) is 0 Å². The molecule has 2 N–H and O–H groups in total. The van der Waals surface area contributed by atoms with Gasteiger partial charge in [0.15, 0.2) is 0 Å². The van der Waals surface area contributed by atoms with E-state index in [0.717, 1.165) is 11.4 Å². The van der Waals surface area contributed by atoms with Crippen molar-refractivity contribution in [2.75, 3.05) is 11.9 Å². The molecule has 27 heavy (non-hydrogen) atoms. The van der Waals surface area contributed by atoms with Crippen LogP contribution in [0.5, 0.6) is 0 Å². The number of amides is 2. The van der Waals surface area contributed by atoms with Gasteiger partial charge in [-0.05, 0) is 32.9 Å². The van der Waals surface area contributed by atoms with Gasteiger partial charge in [0.05, 0.1) is 30.2 Å². The fraction of sp³-hybridized carbons (Fsp3) is 0.316. The van der Waals surface area contributed by atoms with Gasteiger partial charge in [-0.15, -0.1) is 0 Å². The van der Waals surface area contributed by atoms with Crippen LogP contribution >= 0.6 is 0 Å². The van der Waals surface area contributed by atoms with Crippen molar-refractivity contribution in [2.45, 2.75) is 33.4 Å². The smallest absolute Gasteiger partial charge is 0.319 e. The van der Waals surface area contributed by atoms with Gasteiger partial charge < -0.3 is 10.6 Å². The summed E-state index contributed by atoms with van der Waals surface area (Å²) in [7, 11) is 0. The zero-order valence-corrected chi connectivity index (χ0v) is 15.6. The Hall–Kier alpha value is -3.16. The van der Waals surface area contributed by atoms with Crippen molar-refractivity contribution in [3.8, 4) is 0 Å². The van der Waals surface area contributed by atoms with Crippen LogP contribution in [-0.4, -0.2) is 32.1 Å². The number of hydrogen-bond acceptors (Lipinski definition) is 3. The first-order valence-corrected chi connectivity index (χ1v) is 8.76. The molecule has 3 aromatic rings. The standard InChI is InChI=1S/C19H23FN6O/c1-13-8-14(2)26(24-13)15(3)9-21-19(27)23-17-10-22-25(12-17)11-16-6-4-5-7-18(16)20/h4-8,10,12,15H,9,11H2,1-3H3,(H2,21,23,27)/t15-/m1/s1. The van der Waals surface area contributed by atoms with Crippen LogP contribution < -0.4 is 10.6 Å². The quantitative estimate of drug-likeness (QED) is 0.699. The summed E-state index contributed by atoms with van der Waals surface area (Å²) in [6.07, 6.45) is 3.20. The number of aromatic nitrogens is 4. The lowest BCUT2D eigenvalue weighted by molar-refractivity contribution is 0.250. The maximum atomic E-state index is 13.7. The van der Waals surface area contributed by atoms with Crippen LogP contribution in [0.15, 0.2) is 42.7 Å². The summed E-state index contributed by atoms with van der Waals surface area (Å²) in [4.78, 5) is 12.1. The molecule has 7 nitrogen and oxygen atoms in total. The summed E-state index contributed by atoms with van der Waals surface area (Å²) >= 11 is 0. The number of aryl methyl sites for hydroxylation is 2. The molecule has 0 radical (unpaired) electrons. The Balaban J connectivity index is 1.52. The first kappa shape index (κ1) is 18.6. The monoisotopic (exact) mass is 370 g/mol. The molecule has 0 bridgehead atoms. The van der Waals surface area contributed by atoms with Crippen LogP contribution in [-0.2, 0) is 6.54 Å². The third-order valence-corrected chi connectivity index (χ3v) is 4.20. The van der Waals surface area contributed by atoms with E-state index < -0.39 is 0 Å². The zero-order valence-electron chi connectivity index (χ0n) is 15.6. The fourth-order valence-electron chi connectivity index (χ4n) is 2.91. The molecule has 2 amide bonds. The minimum Gasteiger partial charge on any atom is -0.336 e. The largest absolute Gasteiger partial charge is 0.336 e. The van der Waals surface area contributed by atoms with Gasteiger partial charge in [0.1, 0.15) is 5.82 Å². The Kier molecular flexibility index (Phi) is 5.54. The van der Waals surface area contributed by atoms with E-state index in [9.17, 15) is 9.18 Å². The molecule has 2 heterocycles. The summed E-state index contributed by atoms with van der Waals surface area (Å²) in [6.45, 7) is 6.66. The molecule has 142 valence electrons. The number of rotatable bonds is 6. The van der Waals surface area contributed by atoms with Gasteiger partial charge in [-0.1, -0.05) is 18.2 Å². The molecule has 1 aromatic carbocycles. The SMILES string of the molecule is Cc1cc(C)n([C@H](C)CNC(=O)Nc2cnn(Cc3ccccc3F)c2)n1. The summed E-state index contributed by atoms with van der Waals surface area (Å²) in [5, 5.41) is 14.1. The van der Waals surface area contributed by atoms with Crippen molar-refractivity contribution >= 4 is 11.7 Å². The second kappa shape index (κ2) is 8.03. The molecule has 0 aliphatic rings. The topological polar surface area (TPSA) is 76.8 Å². The lowest BCUT2D eigenvalue weighted by Crippen LogP contribution is -2.33. The average molecular weight is 370 g/mol. The van der Waals surface area contributed by atoms with Gasteiger partial charge in [-0.3, -0.25) is 9.36 Å². The molecule has 0 unspecified atom stereocenters. The van der Waals surface area contributed by atoms with Crippen molar-refractivity contribution in [1.82, 2.24) is 24.9 Å². The highest BCUT2D eigenvalue weighted by molar-refractivity contribution is 5.88. The second-order valence-electron chi connectivity index (χ2n) is 6.57. The van der Waals surface area contributed by atoms with Crippen molar-refractivity contribution < 1.29 is 9.18 Å². The van der Waals surface area contributed by atoms with Gasteiger partial charge in [0, 0.05) is 24.0 Å². The predicted molar refractivity (Wildman–Crippen MR) is 101 cm³/mol. The van der Waals surface area contributed by atoms with Crippen LogP contribution in [0.4, 0.5) is 14.9 Å². The van der Waals surface area contributed by atoms with E-state index in [0.29, 0.717) is 24.3 Å². The maximum Gasteiger partial charge on any atom is 0.319 e. The molecule has 0 fully saturated rings. The molecule has 0 spiro atoms. The third-order valence-electron chi connectivity index (χ3n) is 4.20. The summed E-state index contributed by atoms with van der Waals surface area (Å²) in [5.41, 5.74) is 3.08. The van der Waals surface area contributed by atoms with Crippen LogP contribution in [0.3, 0.4) is 0 Å². The predicted octanol–water partition coefficient (Wildman–Crippen LogP) is 3.27. The highest BCUT2D eigenvalue weighted by atomic mass is 19.1. The molecule has 1 atom stereocenters. The van der Waals surface area contributed by atoms with Crippen molar-refractivity contribution in [3.05, 3.63) is 65.5 Å². The lowest BCUT2D eigenvalue weighted by Gasteiger charge is -2.15. The molecule has 0 saturated heterocycles. The highest BCUT2D eigenvalue weighted by Gasteiger charge is 2.12. The maximum absolute atomic E-state index is 13.7. The molecule has 0 aliphatic carbocycles. The van der Waals surface area contributed by atoms with Crippen LogP contribution in [0, 0.1) is 19.7 Å². The van der Waals surface area contributed by atoms with Crippen LogP contribution in [0.2, 0.25) is 0 Å². The first-order chi connectivity index (χ1) is 12.9. The van der Waals surface area contributed by atoms with Gasteiger partial charge in [0.25, 0.3) is 0 Å². The minimum atomic E-state index is -0.325. The summed E-state index contributed by atoms with van der Waals surface area (Å²) < 4.78 is 17.2. The minimum absolute atomic E-state index is 0.0354. The Morgan fingerprint density at radius 3 is 2.78 bits per heavy atom. The Bertz CT molecular complexity index is 932. The molecule has 0 saturated carbocycles. The fourth-order valence-corrected chi connectivity index (χ4v) is 2.91. The highest BCUT2D eigenvalue weighted by Crippen LogP contribution is 2.12. The van der Waals surface area contributed by atoms with Gasteiger partial charge in [-0.2, -0.15) is 10.2 Å². The van der Waals surface area contributed by atoms with Gasteiger partial charge in [-0.25, -0.2) is 9.18 Å². The molecule has 3 rings (SSSR count). The lowest BCUT2D eigenvalue weighted by atomic mass is 10.2. The molecule has 0 aliphatic heterocycles. The number of carbonyl (C=O) groups is 1. The molecular formula is C19H23FN6O. The second-order valence-corrected chi connectivity index (χ2v) is 6.57. The van der Waals surface area contributed by atoms with Crippen LogP contribution in [0.25, 0.3) is 0 Å². The number of nitrogens with zero attached hydrogens (tertiary/aromatic N) is 4. The summed E-state index contributed by atoms with van der Waals surface area (Å²) in [6, 6.07) is 8.25. The number of nitrogens with one attached hydrogen (secondary N) is 2. The van der Waals surface area contributed by atoms with E-state index in [1.165, 1.54) is 12.3 Å². The Labute approximate surface area is 157 Å². The average Bonchev–Trinajstić information content (AvgIpc) is 3.20. The summed E-state index contributed by atoms with van der Waals surface area (Å²) in [5.74, 6) is -0.279.